The first-order valence-electron chi connectivity index (χ1n) is 13.8. The first-order valence-corrected chi connectivity index (χ1v) is 13.8. The lowest BCUT2D eigenvalue weighted by Gasteiger charge is -2.25. The predicted molar refractivity (Wildman–Crippen MR) is 158 cm³/mol. The van der Waals surface area contributed by atoms with Crippen molar-refractivity contribution in [3.05, 3.63) is 36.0 Å². The van der Waals surface area contributed by atoms with Crippen molar-refractivity contribution >= 4 is 40.6 Å². The summed E-state index contributed by atoms with van der Waals surface area (Å²) in [6.45, 7) is 1.90. The molecule has 3 amide bonds. The lowest BCUT2D eigenvalue weighted by atomic mass is 10.0. The zero-order valence-electron chi connectivity index (χ0n) is 23.7. The van der Waals surface area contributed by atoms with Gasteiger partial charge < -0.3 is 54.1 Å². The summed E-state index contributed by atoms with van der Waals surface area (Å²) in [4.78, 5) is 58.3. The summed E-state index contributed by atoms with van der Waals surface area (Å²) in [6.07, 6.45) is 2.17. The molecule has 2 rings (SSSR count). The number of hydrogen-bond donors (Lipinski definition) is 10. The number of aliphatic hydroxyl groups excluding tert-OH is 1. The number of nitrogens with zero attached hydrogens (tertiary/aromatic N) is 1. The maximum Gasteiger partial charge on any atom is 0.326 e. The zero-order chi connectivity index (χ0) is 31.2. The number of carbonyl (C=O) groups is 4. The zero-order valence-corrected chi connectivity index (χ0v) is 23.7. The number of unbranched alkanes of at least 4 members (excludes halogenated alkanes) is 1. The van der Waals surface area contributed by atoms with E-state index >= 15 is 0 Å². The number of guanidine groups is 1. The van der Waals surface area contributed by atoms with Crippen molar-refractivity contribution in [2.75, 3.05) is 13.1 Å². The first kappa shape index (κ1) is 34.0. The van der Waals surface area contributed by atoms with Crippen LogP contribution < -0.4 is 38.9 Å². The van der Waals surface area contributed by atoms with Crippen molar-refractivity contribution in [1.82, 2.24) is 20.9 Å². The topological polar surface area (TPSA) is 277 Å². The third-order valence-electron chi connectivity index (χ3n) is 6.69. The summed E-state index contributed by atoms with van der Waals surface area (Å²) in [5.41, 5.74) is 23.6. The standard InChI is InChI=1S/C27H43N9O6/c1-15(37)22(29)25(40)36-21(13-16-14-33-18-8-3-2-7-17(16)18)24(39)34-19(9-4-5-11-28)23(38)35-20(26(41)42)10-6-12-32-27(30)31/h2-3,7-8,14-15,19-22,33,37H,4-6,9-13,28-29H2,1H3,(H,34,39)(H,35,38)(H,36,40)(H,41,42)(H4,30,31,32). The number of para-hydroxylation sites is 1. The Morgan fingerprint density at radius 2 is 1.55 bits per heavy atom. The van der Waals surface area contributed by atoms with E-state index in [1.54, 1.807) is 6.20 Å². The molecule has 0 aliphatic rings. The molecule has 1 aromatic carbocycles. The first-order chi connectivity index (χ1) is 19.9. The number of hydrogen-bond acceptors (Lipinski definition) is 8. The molecular formula is C27H43N9O6. The van der Waals surface area contributed by atoms with Gasteiger partial charge in [-0.2, -0.15) is 0 Å². The summed E-state index contributed by atoms with van der Waals surface area (Å²) in [5.74, 6) is -3.51. The summed E-state index contributed by atoms with van der Waals surface area (Å²) in [7, 11) is 0. The number of benzene rings is 1. The van der Waals surface area contributed by atoms with E-state index in [4.69, 9.17) is 22.9 Å². The van der Waals surface area contributed by atoms with E-state index < -0.39 is 54.0 Å². The fourth-order valence-electron chi connectivity index (χ4n) is 4.28. The van der Waals surface area contributed by atoms with Crippen LogP contribution in [0.5, 0.6) is 0 Å². The number of H-pyrrole nitrogens is 1. The summed E-state index contributed by atoms with van der Waals surface area (Å²) < 4.78 is 0. The highest BCUT2D eigenvalue weighted by atomic mass is 16.4. The smallest absolute Gasteiger partial charge is 0.326 e. The lowest BCUT2D eigenvalue weighted by molar-refractivity contribution is -0.142. The van der Waals surface area contributed by atoms with Gasteiger partial charge in [0.25, 0.3) is 0 Å². The number of carboxylic acids is 1. The van der Waals surface area contributed by atoms with Crippen LogP contribution in [0, 0.1) is 0 Å². The Balaban J connectivity index is 2.26. The van der Waals surface area contributed by atoms with E-state index in [-0.39, 0.29) is 31.8 Å². The molecule has 1 heterocycles. The Hall–Kier alpha value is -4.21. The van der Waals surface area contributed by atoms with Gasteiger partial charge in [0.1, 0.15) is 24.2 Å². The minimum absolute atomic E-state index is 0.0494. The summed E-state index contributed by atoms with van der Waals surface area (Å²) >= 11 is 0. The number of carboxylic acid groups (broad SMARTS) is 1. The molecule has 15 heteroatoms. The van der Waals surface area contributed by atoms with Gasteiger partial charge in [0.05, 0.1) is 6.10 Å². The van der Waals surface area contributed by atoms with Gasteiger partial charge in [-0.1, -0.05) is 18.2 Å². The monoisotopic (exact) mass is 589 g/mol. The maximum absolute atomic E-state index is 13.6. The predicted octanol–water partition coefficient (Wildman–Crippen LogP) is -1.86. The van der Waals surface area contributed by atoms with Crippen LogP contribution in [0.2, 0.25) is 0 Å². The van der Waals surface area contributed by atoms with Crippen molar-refractivity contribution < 1.29 is 29.4 Å². The van der Waals surface area contributed by atoms with Crippen LogP contribution in [0.3, 0.4) is 0 Å². The third kappa shape index (κ3) is 10.6. The molecule has 0 aliphatic heterocycles. The molecule has 0 spiro atoms. The highest BCUT2D eigenvalue weighted by Gasteiger charge is 2.31. The van der Waals surface area contributed by atoms with Crippen LogP contribution in [-0.2, 0) is 25.6 Å². The Bertz CT molecular complexity index is 1230. The van der Waals surface area contributed by atoms with E-state index in [1.165, 1.54) is 6.92 Å². The van der Waals surface area contributed by atoms with Crippen LogP contribution in [0.1, 0.15) is 44.6 Å². The molecule has 0 aliphatic carbocycles. The normalized spacial score (nSPS) is 14.7. The SMILES string of the molecule is CC(O)C(N)C(=O)NC(Cc1c[nH]c2ccccc12)C(=O)NC(CCCCN)C(=O)NC(CCCN=C(N)N)C(=O)O. The fourth-order valence-corrected chi connectivity index (χ4v) is 4.28. The molecule has 232 valence electrons. The van der Waals surface area contributed by atoms with Gasteiger partial charge in [0, 0.05) is 30.1 Å². The molecule has 14 N–H and O–H groups in total. The number of amides is 3. The number of aromatic nitrogens is 1. The van der Waals surface area contributed by atoms with Crippen molar-refractivity contribution in [2.45, 2.75) is 75.7 Å². The van der Waals surface area contributed by atoms with Gasteiger partial charge in [-0.3, -0.25) is 19.4 Å². The Kier molecular flexibility index (Phi) is 13.7. The molecule has 42 heavy (non-hydrogen) atoms. The Morgan fingerprint density at radius 3 is 2.19 bits per heavy atom. The van der Waals surface area contributed by atoms with Crippen molar-refractivity contribution in [3.8, 4) is 0 Å². The van der Waals surface area contributed by atoms with Gasteiger partial charge in [-0.15, -0.1) is 0 Å². The van der Waals surface area contributed by atoms with Gasteiger partial charge in [0.2, 0.25) is 17.7 Å². The molecule has 1 aromatic heterocycles. The number of nitrogens with two attached hydrogens (primary N) is 4. The largest absolute Gasteiger partial charge is 0.480 e. The second-order valence-electron chi connectivity index (χ2n) is 10.1. The van der Waals surface area contributed by atoms with E-state index in [2.05, 4.69) is 25.9 Å². The highest BCUT2D eigenvalue weighted by Crippen LogP contribution is 2.19. The molecule has 0 bridgehead atoms. The third-order valence-corrected chi connectivity index (χ3v) is 6.69. The number of aliphatic carboxylic acids is 1. The average Bonchev–Trinajstić information content (AvgIpc) is 3.35. The number of aromatic amines is 1. The Labute approximate surface area is 243 Å². The van der Waals surface area contributed by atoms with Crippen LogP contribution in [0.4, 0.5) is 0 Å². The molecule has 0 saturated carbocycles. The summed E-state index contributed by atoms with van der Waals surface area (Å²) in [6, 6.07) is 2.61. The molecular weight excluding hydrogens is 546 g/mol. The van der Waals surface area contributed by atoms with Gasteiger partial charge in [-0.25, -0.2) is 4.79 Å². The Morgan fingerprint density at radius 1 is 0.929 bits per heavy atom. The van der Waals surface area contributed by atoms with Crippen LogP contribution >= 0.6 is 0 Å². The van der Waals surface area contributed by atoms with E-state index in [0.29, 0.717) is 25.8 Å². The fraction of sp³-hybridized carbons (Fsp3) is 0.519. The highest BCUT2D eigenvalue weighted by molar-refractivity contribution is 5.95. The number of aliphatic imine (C=N–C) groups is 1. The van der Waals surface area contributed by atoms with Gasteiger partial charge in [0.15, 0.2) is 5.96 Å². The summed E-state index contributed by atoms with van der Waals surface area (Å²) in [5, 5.41) is 28.0. The van der Waals surface area contributed by atoms with Gasteiger partial charge >= 0.3 is 5.97 Å². The number of carbonyl (C=O) groups excluding carboxylic acids is 3. The number of aliphatic hydroxyl groups is 1. The molecule has 5 unspecified atom stereocenters. The van der Waals surface area contributed by atoms with E-state index in [0.717, 1.165) is 16.5 Å². The molecule has 5 atom stereocenters. The van der Waals surface area contributed by atoms with Crippen molar-refractivity contribution in [1.29, 1.82) is 0 Å². The van der Waals surface area contributed by atoms with Crippen LogP contribution in [0.25, 0.3) is 10.9 Å². The second kappa shape index (κ2) is 16.9. The molecule has 15 nitrogen and oxygen atoms in total. The maximum atomic E-state index is 13.6. The van der Waals surface area contributed by atoms with Gasteiger partial charge in [-0.05, 0) is 57.2 Å². The second-order valence-corrected chi connectivity index (χ2v) is 10.1. The lowest BCUT2D eigenvalue weighted by Crippen LogP contribution is -2.58. The average molecular weight is 590 g/mol. The number of nitrogens with one attached hydrogen (secondary N) is 4. The van der Waals surface area contributed by atoms with Crippen molar-refractivity contribution in [3.63, 3.8) is 0 Å². The number of fused-ring (bicyclic) bond motifs is 1. The van der Waals surface area contributed by atoms with Crippen LogP contribution in [-0.4, -0.2) is 88.2 Å². The molecule has 0 saturated heterocycles. The minimum Gasteiger partial charge on any atom is -0.480 e. The number of rotatable bonds is 18. The van der Waals surface area contributed by atoms with Crippen molar-refractivity contribution in [2.24, 2.45) is 27.9 Å². The minimum atomic E-state index is -1.29. The van der Waals surface area contributed by atoms with Crippen LogP contribution in [0.15, 0.2) is 35.5 Å². The molecule has 0 radical (unpaired) electrons. The molecule has 2 aromatic rings. The quantitative estimate of drug-likeness (QED) is 0.0526. The van der Waals surface area contributed by atoms with E-state index in [9.17, 15) is 29.4 Å². The molecule has 0 fully saturated rings. The van der Waals surface area contributed by atoms with E-state index in [1.807, 2.05) is 24.3 Å².